The predicted octanol–water partition coefficient (Wildman–Crippen LogP) is 2.27. The molecule has 1 spiro atoms. The third-order valence-corrected chi connectivity index (χ3v) is 3.79. The maximum atomic E-state index is 2.57. The minimum Gasteiger partial charge on any atom is -0.301 e. The van der Waals surface area contributed by atoms with Crippen molar-refractivity contribution >= 4 is 0 Å². The van der Waals surface area contributed by atoms with Crippen LogP contribution in [0, 0.1) is 5.92 Å². The number of nitrogens with zero attached hydrogens (tertiary/aromatic N) is 1. The molecule has 1 heterocycles. The molecule has 11 heavy (non-hydrogen) atoms. The minimum absolute atomic E-state index is 0.664. The molecular formula is C10H19N. The molecule has 0 radical (unpaired) electrons. The van der Waals surface area contributed by atoms with Gasteiger partial charge < -0.3 is 4.90 Å². The van der Waals surface area contributed by atoms with Gasteiger partial charge >= 0.3 is 0 Å². The Bertz CT molecular complexity index is 155. The van der Waals surface area contributed by atoms with Gasteiger partial charge in [-0.05, 0) is 32.2 Å². The molecule has 0 aromatic carbocycles. The summed E-state index contributed by atoms with van der Waals surface area (Å²) in [5, 5.41) is 0. The molecule has 1 heteroatoms. The quantitative estimate of drug-likeness (QED) is 0.516. The molecule has 1 saturated carbocycles. The smallest absolute Gasteiger partial charge is 0.0221 e. The highest BCUT2D eigenvalue weighted by Gasteiger charge is 2.44. The van der Waals surface area contributed by atoms with Gasteiger partial charge in [-0.2, -0.15) is 0 Å². The van der Waals surface area contributed by atoms with Crippen LogP contribution in [-0.4, -0.2) is 24.0 Å². The van der Waals surface area contributed by atoms with Crippen molar-refractivity contribution in [3.8, 4) is 0 Å². The van der Waals surface area contributed by atoms with Crippen LogP contribution >= 0.6 is 0 Å². The van der Waals surface area contributed by atoms with E-state index in [1.54, 1.807) is 0 Å². The molecule has 1 aliphatic carbocycles. The zero-order valence-electron chi connectivity index (χ0n) is 7.77. The Morgan fingerprint density at radius 3 is 2.55 bits per heavy atom. The van der Waals surface area contributed by atoms with Crippen molar-refractivity contribution in [2.75, 3.05) is 13.6 Å². The summed E-state index contributed by atoms with van der Waals surface area (Å²) in [5.41, 5.74) is 0.664. The van der Waals surface area contributed by atoms with Gasteiger partial charge in [-0.1, -0.05) is 19.8 Å². The molecule has 2 fully saturated rings. The van der Waals surface area contributed by atoms with Crippen molar-refractivity contribution in [2.24, 2.45) is 5.92 Å². The number of hydrogen-bond donors (Lipinski definition) is 0. The minimum atomic E-state index is 0.664. The average molecular weight is 153 g/mol. The Morgan fingerprint density at radius 1 is 1.36 bits per heavy atom. The Kier molecular flexibility index (Phi) is 1.71. The van der Waals surface area contributed by atoms with Crippen molar-refractivity contribution in [3.05, 3.63) is 0 Å². The van der Waals surface area contributed by atoms with Crippen LogP contribution in [0.3, 0.4) is 0 Å². The molecule has 0 bridgehead atoms. The van der Waals surface area contributed by atoms with Gasteiger partial charge in [0.2, 0.25) is 0 Å². The highest BCUT2D eigenvalue weighted by atomic mass is 15.2. The SMILES string of the molecule is CC1CCCC2(CCN2C)C1. The fourth-order valence-corrected chi connectivity index (χ4v) is 2.86. The number of hydrogen-bond acceptors (Lipinski definition) is 1. The molecule has 0 aromatic heterocycles. The average Bonchev–Trinajstić information content (AvgIpc) is 2.02. The first-order valence-electron chi connectivity index (χ1n) is 4.94. The lowest BCUT2D eigenvalue weighted by atomic mass is 9.69. The van der Waals surface area contributed by atoms with E-state index in [-0.39, 0.29) is 0 Å². The van der Waals surface area contributed by atoms with Gasteiger partial charge in [-0.25, -0.2) is 0 Å². The van der Waals surface area contributed by atoms with Gasteiger partial charge in [0.1, 0.15) is 0 Å². The molecule has 1 aliphatic heterocycles. The second-order valence-corrected chi connectivity index (χ2v) is 4.60. The van der Waals surface area contributed by atoms with Crippen LogP contribution in [0.2, 0.25) is 0 Å². The topological polar surface area (TPSA) is 3.24 Å². The van der Waals surface area contributed by atoms with E-state index in [0.29, 0.717) is 5.54 Å². The summed E-state index contributed by atoms with van der Waals surface area (Å²) in [5.74, 6) is 0.978. The molecular weight excluding hydrogens is 134 g/mol. The zero-order chi connectivity index (χ0) is 7.90. The Labute approximate surface area is 69.8 Å². The van der Waals surface area contributed by atoms with Crippen molar-refractivity contribution < 1.29 is 0 Å². The van der Waals surface area contributed by atoms with Crippen LogP contribution < -0.4 is 0 Å². The summed E-state index contributed by atoms with van der Waals surface area (Å²) in [6.07, 6.45) is 7.33. The molecule has 2 unspecified atom stereocenters. The van der Waals surface area contributed by atoms with Crippen molar-refractivity contribution in [2.45, 2.75) is 44.6 Å². The van der Waals surface area contributed by atoms with Crippen LogP contribution in [0.1, 0.15) is 39.0 Å². The van der Waals surface area contributed by atoms with Crippen LogP contribution in [-0.2, 0) is 0 Å². The lowest BCUT2D eigenvalue weighted by Crippen LogP contribution is -2.59. The second-order valence-electron chi connectivity index (χ2n) is 4.60. The lowest BCUT2D eigenvalue weighted by molar-refractivity contribution is -0.0335. The summed E-state index contributed by atoms with van der Waals surface area (Å²) in [6.45, 7) is 3.75. The van der Waals surface area contributed by atoms with Crippen molar-refractivity contribution in [1.29, 1.82) is 0 Å². The van der Waals surface area contributed by atoms with E-state index < -0.39 is 0 Å². The Hall–Kier alpha value is -0.0400. The van der Waals surface area contributed by atoms with Crippen molar-refractivity contribution in [1.82, 2.24) is 4.90 Å². The molecule has 0 N–H and O–H groups in total. The normalized spacial score (nSPS) is 45.8. The highest BCUT2D eigenvalue weighted by molar-refractivity contribution is 5.00. The van der Waals surface area contributed by atoms with E-state index in [4.69, 9.17) is 0 Å². The summed E-state index contributed by atoms with van der Waals surface area (Å²) >= 11 is 0. The first kappa shape index (κ1) is 7.60. The fourth-order valence-electron chi connectivity index (χ4n) is 2.86. The van der Waals surface area contributed by atoms with Crippen molar-refractivity contribution in [3.63, 3.8) is 0 Å². The van der Waals surface area contributed by atoms with Crippen LogP contribution in [0.4, 0.5) is 0 Å². The third-order valence-electron chi connectivity index (χ3n) is 3.79. The van der Waals surface area contributed by atoms with Crippen LogP contribution in [0.15, 0.2) is 0 Å². The largest absolute Gasteiger partial charge is 0.301 e. The zero-order valence-corrected chi connectivity index (χ0v) is 7.77. The first-order chi connectivity index (χ1) is 5.23. The molecule has 2 atom stereocenters. The number of likely N-dealkylation sites (tertiary alicyclic amines) is 1. The molecule has 2 aliphatic rings. The second kappa shape index (κ2) is 2.48. The molecule has 2 rings (SSSR count). The molecule has 64 valence electrons. The summed E-state index contributed by atoms with van der Waals surface area (Å²) in [4.78, 5) is 2.57. The Balaban J connectivity index is 2.01. The molecule has 1 nitrogen and oxygen atoms in total. The fraction of sp³-hybridized carbons (Fsp3) is 1.00. The summed E-state index contributed by atoms with van der Waals surface area (Å²) in [7, 11) is 2.29. The molecule has 0 aromatic rings. The van der Waals surface area contributed by atoms with Gasteiger partial charge in [-0.15, -0.1) is 0 Å². The van der Waals surface area contributed by atoms with Gasteiger partial charge in [0.25, 0.3) is 0 Å². The van der Waals surface area contributed by atoms with E-state index in [1.807, 2.05) is 0 Å². The molecule has 0 amide bonds. The molecule has 1 saturated heterocycles. The Morgan fingerprint density at radius 2 is 2.18 bits per heavy atom. The highest BCUT2D eigenvalue weighted by Crippen LogP contribution is 2.43. The van der Waals surface area contributed by atoms with Crippen LogP contribution in [0.5, 0.6) is 0 Å². The van der Waals surface area contributed by atoms with Gasteiger partial charge in [0.15, 0.2) is 0 Å². The maximum absolute atomic E-state index is 2.57. The standard InChI is InChI=1S/C10H19N/c1-9-4-3-5-10(8-9)6-7-11(10)2/h9H,3-8H2,1-2H3. The van der Waals surface area contributed by atoms with Gasteiger partial charge in [-0.3, -0.25) is 0 Å². The van der Waals surface area contributed by atoms with E-state index in [0.717, 1.165) is 5.92 Å². The van der Waals surface area contributed by atoms with Gasteiger partial charge in [0, 0.05) is 12.1 Å². The number of rotatable bonds is 0. The summed E-state index contributed by atoms with van der Waals surface area (Å²) < 4.78 is 0. The first-order valence-corrected chi connectivity index (χ1v) is 4.94. The van der Waals surface area contributed by atoms with E-state index in [2.05, 4.69) is 18.9 Å². The predicted molar refractivity (Wildman–Crippen MR) is 47.6 cm³/mol. The monoisotopic (exact) mass is 153 g/mol. The summed E-state index contributed by atoms with van der Waals surface area (Å²) in [6, 6.07) is 0. The third kappa shape index (κ3) is 1.10. The van der Waals surface area contributed by atoms with Crippen LogP contribution in [0.25, 0.3) is 0 Å². The maximum Gasteiger partial charge on any atom is 0.0221 e. The lowest BCUT2D eigenvalue weighted by Gasteiger charge is -2.55. The van der Waals surface area contributed by atoms with E-state index >= 15 is 0 Å². The van der Waals surface area contributed by atoms with E-state index in [1.165, 1.54) is 38.6 Å². The van der Waals surface area contributed by atoms with Gasteiger partial charge in [0.05, 0.1) is 0 Å². The van der Waals surface area contributed by atoms with E-state index in [9.17, 15) is 0 Å².